The number of rotatable bonds is 6. The number of aliphatic hydroxyl groups is 1. The molecule has 0 aliphatic carbocycles. The molecular formula is C11H16BrFN2O2. The first-order valence-electron chi connectivity index (χ1n) is 5.19. The lowest BCUT2D eigenvalue weighted by molar-refractivity contribution is 0.170. The van der Waals surface area contributed by atoms with Crippen LogP contribution in [0.2, 0.25) is 0 Å². The molecule has 0 fully saturated rings. The molecule has 0 spiro atoms. The summed E-state index contributed by atoms with van der Waals surface area (Å²) in [6.45, 7) is 0.442. The van der Waals surface area contributed by atoms with Crippen LogP contribution in [0.1, 0.15) is 6.42 Å². The van der Waals surface area contributed by atoms with Crippen molar-refractivity contribution in [2.75, 3.05) is 31.4 Å². The molecule has 0 radical (unpaired) electrons. The van der Waals surface area contributed by atoms with Crippen LogP contribution in [0.3, 0.4) is 0 Å². The molecule has 0 saturated heterocycles. The van der Waals surface area contributed by atoms with Gasteiger partial charge >= 0.3 is 0 Å². The zero-order valence-corrected chi connectivity index (χ0v) is 11.1. The van der Waals surface area contributed by atoms with E-state index in [0.717, 1.165) is 0 Å². The monoisotopic (exact) mass is 306 g/mol. The lowest BCUT2D eigenvalue weighted by atomic mass is 10.2. The fourth-order valence-corrected chi connectivity index (χ4v) is 1.82. The number of halogens is 2. The zero-order chi connectivity index (χ0) is 12.8. The van der Waals surface area contributed by atoms with E-state index >= 15 is 0 Å². The molecule has 4 N–H and O–H groups in total. The van der Waals surface area contributed by atoms with Crippen LogP contribution in [0.4, 0.5) is 15.8 Å². The minimum absolute atomic E-state index is 0.0277. The van der Waals surface area contributed by atoms with Crippen molar-refractivity contribution in [2.24, 2.45) is 0 Å². The van der Waals surface area contributed by atoms with Crippen LogP contribution in [0.15, 0.2) is 16.6 Å². The van der Waals surface area contributed by atoms with Gasteiger partial charge < -0.3 is 20.9 Å². The van der Waals surface area contributed by atoms with Crippen LogP contribution in [0.5, 0.6) is 0 Å². The molecule has 0 heterocycles. The van der Waals surface area contributed by atoms with Gasteiger partial charge in [-0.15, -0.1) is 0 Å². The van der Waals surface area contributed by atoms with Gasteiger partial charge in [0.25, 0.3) is 0 Å². The van der Waals surface area contributed by atoms with Crippen molar-refractivity contribution in [2.45, 2.75) is 12.5 Å². The molecule has 0 bridgehead atoms. The Morgan fingerprint density at radius 2 is 2.29 bits per heavy atom. The summed E-state index contributed by atoms with van der Waals surface area (Å²) in [4.78, 5) is 0. The van der Waals surface area contributed by atoms with Crippen molar-refractivity contribution in [1.82, 2.24) is 0 Å². The summed E-state index contributed by atoms with van der Waals surface area (Å²) < 4.78 is 18.7. The number of nitrogens with one attached hydrogen (secondary N) is 1. The number of hydrogen-bond donors (Lipinski definition) is 3. The Kier molecular flexibility index (Phi) is 5.67. The summed E-state index contributed by atoms with van der Waals surface area (Å²) in [6, 6.07) is 2.72. The maximum atomic E-state index is 13.4. The van der Waals surface area contributed by atoms with Crippen molar-refractivity contribution in [1.29, 1.82) is 0 Å². The summed E-state index contributed by atoms with van der Waals surface area (Å²) >= 11 is 3.06. The van der Waals surface area contributed by atoms with Crippen LogP contribution in [-0.2, 0) is 4.74 Å². The van der Waals surface area contributed by atoms with Gasteiger partial charge in [-0.05, 0) is 28.4 Å². The van der Waals surface area contributed by atoms with Gasteiger partial charge in [0.2, 0.25) is 0 Å². The highest BCUT2D eigenvalue weighted by Gasteiger charge is 2.11. The van der Waals surface area contributed by atoms with Crippen LogP contribution in [0.25, 0.3) is 0 Å². The SMILES string of the molecule is COCC(CCO)Nc1cc(F)c(Br)cc1N. The summed E-state index contributed by atoms with van der Waals surface area (Å²) in [7, 11) is 1.57. The Morgan fingerprint density at radius 3 is 2.88 bits per heavy atom. The molecule has 0 aliphatic rings. The molecule has 1 rings (SSSR count). The van der Waals surface area contributed by atoms with Crippen molar-refractivity contribution in [3.63, 3.8) is 0 Å². The molecule has 1 atom stereocenters. The maximum absolute atomic E-state index is 13.4. The number of ether oxygens (including phenoxy) is 1. The number of nitrogen functional groups attached to an aromatic ring is 1. The number of nitrogens with two attached hydrogens (primary N) is 1. The molecule has 0 aliphatic heterocycles. The molecule has 0 aromatic heterocycles. The number of anilines is 2. The number of benzene rings is 1. The highest BCUT2D eigenvalue weighted by molar-refractivity contribution is 9.10. The smallest absolute Gasteiger partial charge is 0.139 e. The summed E-state index contributed by atoms with van der Waals surface area (Å²) in [5.41, 5.74) is 6.71. The zero-order valence-electron chi connectivity index (χ0n) is 9.54. The Hall–Kier alpha value is -0.850. The topological polar surface area (TPSA) is 67.5 Å². The molecule has 0 amide bonds. The molecule has 6 heteroatoms. The second-order valence-corrected chi connectivity index (χ2v) is 4.52. The second kappa shape index (κ2) is 6.78. The number of methoxy groups -OCH3 is 1. The Balaban J connectivity index is 2.81. The minimum Gasteiger partial charge on any atom is -0.397 e. The first kappa shape index (κ1) is 14.2. The summed E-state index contributed by atoms with van der Waals surface area (Å²) in [5, 5.41) is 11.9. The summed E-state index contributed by atoms with van der Waals surface area (Å²) in [6.07, 6.45) is 0.505. The van der Waals surface area contributed by atoms with Gasteiger partial charge in [0.1, 0.15) is 5.82 Å². The highest BCUT2D eigenvalue weighted by atomic mass is 79.9. The molecule has 4 nitrogen and oxygen atoms in total. The third-order valence-electron chi connectivity index (χ3n) is 2.30. The second-order valence-electron chi connectivity index (χ2n) is 3.66. The predicted octanol–water partition coefficient (Wildman–Crippen LogP) is 1.98. The standard InChI is InChI=1S/C11H16BrFN2O2/c1-17-6-7(2-3-16)15-11-5-9(13)8(12)4-10(11)14/h4-5,7,15-16H,2-3,6,14H2,1H3. The molecular weight excluding hydrogens is 291 g/mol. The van der Waals surface area contributed by atoms with E-state index in [1.807, 2.05) is 0 Å². The Labute approximate surface area is 108 Å². The van der Waals surface area contributed by atoms with Gasteiger partial charge in [0.15, 0.2) is 0 Å². The van der Waals surface area contributed by atoms with Gasteiger partial charge in [-0.25, -0.2) is 4.39 Å². The quantitative estimate of drug-likeness (QED) is 0.703. The Bertz CT molecular complexity index is 371. The van der Waals surface area contributed by atoms with E-state index in [9.17, 15) is 4.39 Å². The lowest BCUT2D eigenvalue weighted by Gasteiger charge is -2.19. The van der Waals surface area contributed by atoms with E-state index in [1.54, 1.807) is 7.11 Å². The predicted molar refractivity (Wildman–Crippen MR) is 69.5 cm³/mol. The van der Waals surface area contributed by atoms with Gasteiger partial charge in [0, 0.05) is 19.8 Å². The molecule has 17 heavy (non-hydrogen) atoms. The first-order chi connectivity index (χ1) is 8.08. The van der Waals surface area contributed by atoms with Crippen LogP contribution < -0.4 is 11.1 Å². The van der Waals surface area contributed by atoms with Crippen molar-refractivity contribution < 1.29 is 14.2 Å². The number of hydrogen-bond acceptors (Lipinski definition) is 4. The van der Waals surface area contributed by atoms with Crippen LogP contribution in [-0.4, -0.2) is 31.5 Å². The van der Waals surface area contributed by atoms with Gasteiger partial charge in [-0.3, -0.25) is 0 Å². The van der Waals surface area contributed by atoms with E-state index in [-0.39, 0.29) is 18.5 Å². The van der Waals surface area contributed by atoms with E-state index < -0.39 is 0 Å². The minimum atomic E-state index is -0.387. The van der Waals surface area contributed by atoms with Crippen LogP contribution in [0, 0.1) is 5.82 Å². The number of aliphatic hydroxyl groups excluding tert-OH is 1. The highest BCUT2D eigenvalue weighted by Crippen LogP contribution is 2.27. The van der Waals surface area contributed by atoms with Gasteiger partial charge in [-0.1, -0.05) is 0 Å². The first-order valence-corrected chi connectivity index (χ1v) is 5.98. The molecule has 0 saturated carbocycles. The molecule has 1 aromatic rings. The lowest BCUT2D eigenvalue weighted by Crippen LogP contribution is -2.26. The molecule has 1 unspecified atom stereocenters. The van der Waals surface area contributed by atoms with Gasteiger partial charge in [-0.2, -0.15) is 0 Å². The fourth-order valence-electron chi connectivity index (χ4n) is 1.46. The average molecular weight is 307 g/mol. The largest absolute Gasteiger partial charge is 0.397 e. The van der Waals surface area contributed by atoms with Crippen LogP contribution >= 0.6 is 15.9 Å². The fraction of sp³-hybridized carbons (Fsp3) is 0.455. The maximum Gasteiger partial charge on any atom is 0.139 e. The summed E-state index contributed by atoms with van der Waals surface area (Å²) in [5.74, 6) is -0.387. The van der Waals surface area contributed by atoms with Gasteiger partial charge in [0.05, 0.1) is 28.5 Å². The average Bonchev–Trinajstić information content (AvgIpc) is 2.26. The van der Waals surface area contributed by atoms with Crippen molar-refractivity contribution in [3.8, 4) is 0 Å². The Morgan fingerprint density at radius 1 is 1.59 bits per heavy atom. The third kappa shape index (κ3) is 4.14. The van der Waals surface area contributed by atoms with E-state index in [2.05, 4.69) is 21.2 Å². The normalized spacial score (nSPS) is 12.5. The van der Waals surface area contributed by atoms with E-state index in [4.69, 9.17) is 15.6 Å². The van der Waals surface area contributed by atoms with E-state index in [0.29, 0.717) is 28.9 Å². The van der Waals surface area contributed by atoms with Crippen molar-refractivity contribution in [3.05, 3.63) is 22.4 Å². The third-order valence-corrected chi connectivity index (χ3v) is 2.91. The molecule has 96 valence electrons. The van der Waals surface area contributed by atoms with E-state index in [1.165, 1.54) is 12.1 Å². The van der Waals surface area contributed by atoms with Crippen molar-refractivity contribution >= 4 is 27.3 Å². The molecule has 1 aromatic carbocycles.